The first-order valence-electron chi connectivity index (χ1n) is 5.94. The monoisotopic (exact) mass is 285 g/mol. The molecule has 1 saturated carbocycles. The summed E-state index contributed by atoms with van der Waals surface area (Å²) in [6.45, 7) is 0.0233. The van der Waals surface area contributed by atoms with Crippen LogP contribution in [-0.4, -0.2) is 28.9 Å². The lowest BCUT2D eigenvalue weighted by Gasteiger charge is -2.40. The van der Waals surface area contributed by atoms with Crippen molar-refractivity contribution in [1.29, 1.82) is 0 Å². The van der Waals surface area contributed by atoms with Gasteiger partial charge in [0.1, 0.15) is 0 Å². The summed E-state index contributed by atoms with van der Waals surface area (Å²) in [6.07, 6.45) is 2.80. The number of nitrogens with one attached hydrogen (secondary N) is 1. The normalized spacial score (nSPS) is 17.0. The maximum atomic E-state index is 11.8. The van der Waals surface area contributed by atoms with Gasteiger partial charge in [0, 0.05) is 4.90 Å². The van der Waals surface area contributed by atoms with Crippen molar-refractivity contribution in [2.24, 2.45) is 0 Å². The van der Waals surface area contributed by atoms with Crippen LogP contribution in [0.3, 0.4) is 0 Å². The number of benzene rings is 1. The van der Waals surface area contributed by atoms with Crippen LogP contribution in [0.1, 0.15) is 19.3 Å². The molecule has 0 heterocycles. The maximum Gasteiger partial charge on any atom is 0.230 e. The Hall–Kier alpha value is -0.710. The molecule has 2 rings (SSSR count). The molecule has 1 aliphatic carbocycles. The fraction of sp³-hybridized carbons (Fsp3) is 0.462. The highest BCUT2D eigenvalue weighted by atomic mass is 35.5. The quantitative estimate of drug-likeness (QED) is 0.817. The zero-order chi connectivity index (χ0) is 13.0. The second-order valence-corrected chi connectivity index (χ2v) is 5.98. The summed E-state index contributed by atoms with van der Waals surface area (Å²) in [5.41, 5.74) is -0.363. The first-order valence-corrected chi connectivity index (χ1v) is 7.31. The van der Waals surface area contributed by atoms with Gasteiger partial charge in [0.25, 0.3) is 0 Å². The number of aliphatic hydroxyl groups excluding tert-OH is 1. The summed E-state index contributed by atoms with van der Waals surface area (Å²) in [5.74, 6) is 0.277. The van der Waals surface area contributed by atoms with Gasteiger partial charge in [-0.3, -0.25) is 4.79 Å². The van der Waals surface area contributed by atoms with Crippen LogP contribution in [0.15, 0.2) is 29.2 Å². The Morgan fingerprint density at radius 2 is 2.17 bits per heavy atom. The third-order valence-electron chi connectivity index (χ3n) is 3.21. The van der Waals surface area contributed by atoms with Crippen molar-refractivity contribution in [1.82, 2.24) is 5.32 Å². The molecular formula is C13H16ClNO2S. The molecule has 0 aromatic heterocycles. The standard InChI is InChI=1S/C13H16ClNO2S/c14-10-4-1-2-5-11(10)18-8-12(17)15-13(9-16)6-3-7-13/h1-2,4-5,16H,3,6-9H2,(H,15,17). The van der Waals surface area contributed by atoms with Gasteiger partial charge in [-0.15, -0.1) is 11.8 Å². The lowest BCUT2D eigenvalue weighted by Crippen LogP contribution is -2.56. The Balaban J connectivity index is 1.83. The fourth-order valence-corrected chi connectivity index (χ4v) is 3.00. The first kappa shape index (κ1) is 13.7. The van der Waals surface area contributed by atoms with Crippen LogP contribution in [-0.2, 0) is 4.79 Å². The molecule has 3 nitrogen and oxygen atoms in total. The number of carbonyl (C=O) groups is 1. The van der Waals surface area contributed by atoms with E-state index in [2.05, 4.69) is 5.32 Å². The van der Waals surface area contributed by atoms with E-state index in [0.29, 0.717) is 10.8 Å². The second kappa shape index (κ2) is 5.95. The third kappa shape index (κ3) is 3.19. The predicted octanol–water partition coefficient (Wildman–Crippen LogP) is 2.46. The molecule has 1 aromatic carbocycles. The van der Waals surface area contributed by atoms with E-state index in [1.54, 1.807) is 0 Å². The minimum atomic E-state index is -0.363. The van der Waals surface area contributed by atoms with Gasteiger partial charge < -0.3 is 10.4 Å². The molecule has 0 spiro atoms. The number of rotatable bonds is 5. The minimum Gasteiger partial charge on any atom is -0.394 e. The zero-order valence-corrected chi connectivity index (χ0v) is 11.6. The average Bonchev–Trinajstić information content (AvgIpc) is 2.33. The van der Waals surface area contributed by atoms with Crippen LogP contribution >= 0.6 is 23.4 Å². The highest BCUT2D eigenvalue weighted by Gasteiger charge is 2.37. The van der Waals surface area contributed by atoms with Gasteiger partial charge in [0.15, 0.2) is 0 Å². The Morgan fingerprint density at radius 1 is 1.44 bits per heavy atom. The molecule has 0 bridgehead atoms. The molecule has 0 radical (unpaired) electrons. The molecule has 2 N–H and O–H groups in total. The third-order valence-corrected chi connectivity index (χ3v) is 4.73. The van der Waals surface area contributed by atoms with Crippen LogP contribution < -0.4 is 5.32 Å². The van der Waals surface area contributed by atoms with Gasteiger partial charge in [0.05, 0.1) is 22.9 Å². The molecule has 1 aromatic rings. The summed E-state index contributed by atoms with van der Waals surface area (Å²) in [5, 5.41) is 12.9. The molecule has 5 heteroatoms. The van der Waals surface area contributed by atoms with Gasteiger partial charge in [0.2, 0.25) is 5.91 Å². The summed E-state index contributed by atoms with van der Waals surface area (Å²) in [6, 6.07) is 7.46. The number of carbonyl (C=O) groups excluding carboxylic acids is 1. The number of hydrogen-bond donors (Lipinski definition) is 2. The van der Waals surface area contributed by atoms with Crippen molar-refractivity contribution in [2.75, 3.05) is 12.4 Å². The van der Waals surface area contributed by atoms with Crippen LogP contribution in [0.5, 0.6) is 0 Å². The Labute approximate surface area is 116 Å². The van der Waals surface area contributed by atoms with Crippen LogP contribution in [0.2, 0.25) is 5.02 Å². The van der Waals surface area contributed by atoms with Gasteiger partial charge in [-0.25, -0.2) is 0 Å². The van der Waals surface area contributed by atoms with Crippen molar-refractivity contribution in [3.63, 3.8) is 0 Å². The van der Waals surface area contributed by atoms with Crippen molar-refractivity contribution in [3.8, 4) is 0 Å². The molecule has 0 saturated heterocycles. The van der Waals surface area contributed by atoms with Crippen LogP contribution in [0, 0.1) is 0 Å². The molecule has 0 unspecified atom stereocenters. The Kier molecular flexibility index (Phi) is 4.54. The summed E-state index contributed by atoms with van der Waals surface area (Å²) >= 11 is 7.43. The smallest absolute Gasteiger partial charge is 0.230 e. The van der Waals surface area contributed by atoms with Gasteiger partial charge >= 0.3 is 0 Å². The zero-order valence-electron chi connectivity index (χ0n) is 9.99. The van der Waals surface area contributed by atoms with E-state index < -0.39 is 0 Å². The highest BCUT2D eigenvalue weighted by molar-refractivity contribution is 8.00. The van der Waals surface area contributed by atoms with Gasteiger partial charge in [-0.1, -0.05) is 23.7 Å². The van der Waals surface area contributed by atoms with E-state index in [0.717, 1.165) is 24.2 Å². The van der Waals surface area contributed by atoms with E-state index in [-0.39, 0.29) is 18.1 Å². The first-order chi connectivity index (χ1) is 8.65. The van der Waals surface area contributed by atoms with E-state index in [1.165, 1.54) is 11.8 Å². The molecule has 18 heavy (non-hydrogen) atoms. The Morgan fingerprint density at radius 3 is 2.72 bits per heavy atom. The molecule has 98 valence electrons. The van der Waals surface area contributed by atoms with Crippen molar-refractivity contribution < 1.29 is 9.90 Å². The van der Waals surface area contributed by atoms with E-state index >= 15 is 0 Å². The summed E-state index contributed by atoms with van der Waals surface area (Å²) in [4.78, 5) is 12.7. The largest absolute Gasteiger partial charge is 0.394 e. The average molecular weight is 286 g/mol. The number of amides is 1. The van der Waals surface area contributed by atoms with E-state index in [4.69, 9.17) is 11.6 Å². The number of aliphatic hydroxyl groups is 1. The SMILES string of the molecule is O=C(CSc1ccccc1Cl)NC1(CO)CCC1. The predicted molar refractivity (Wildman–Crippen MR) is 74.0 cm³/mol. The van der Waals surface area contributed by atoms with Gasteiger partial charge in [-0.2, -0.15) is 0 Å². The molecule has 1 amide bonds. The number of halogens is 1. The Bertz CT molecular complexity index is 429. The molecular weight excluding hydrogens is 270 g/mol. The van der Waals surface area contributed by atoms with Crippen molar-refractivity contribution >= 4 is 29.3 Å². The summed E-state index contributed by atoms with van der Waals surface area (Å²) < 4.78 is 0. The van der Waals surface area contributed by atoms with Crippen LogP contribution in [0.4, 0.5) is 0 Å². The molecule has 0 atom stereocenters. The minimum absolute atomic E-state index is 0.0233. The van der Waals surface area contributed by atoms with Gasteiger partial charge in [-0.05, 0) is 31.4 Å². The van der Waals surface area contributed by atoms with E-state index in [9.17, 15) is 9.90 Å². The maximum absolute atomic E-state index is 11.8. The number of thioether (sulfide) groups is 1. The number of hydrogen-bond acceptors (Lipinski definition) is 3. The molecule has 1 aliphatic rings. The second-order valence-electron chi connectivity index (χ2n) is 4.56. The van der Waals surface area contributed by atoms with Crippen molar-refractivity contribution in [2.45, 2.75) is 29.7 Å². The fourth-order valence-electron chi connectivity index (χ4n) is 1.96. The topological polar surface area (TPSA) is 49.3 Å². The lowest BCUT2D eigenvalue weighted by molar-refractivity contribution is -0.122. The summed E-state index contributed by atoms with van der Waals surface area (Å²) in [7, 11) is 0. The lowest BCUT2D eigenvalue weighted by atomic mass is 9.77. The molecule has 1 fully saturated rings. The van der Waals surface area contributed by atoms with Crippen LogP contribution in [0.25, 0.3) is 0 Å². The molecule has 0 aliphatic heterocycles. The van der Waals surface area contributed by atoms with Crippen molar-refractivity contribution in [3.05, 3.63) is 29.3 Å². The highest BCUT2D eigenvalue weighted by Crippen LogP contribution is 2.32. The van der Waals surface area contributed by atoms with E-state index in [1.807, 2.05) is 24.3 Å².